The zero-order chi connectivity index (χ0) is 32.0. The van der Waals surface area contributed by atoms with Crippen LogP contribution in [-0.2, 0) is 15.1 Å². The third-order valence-electron chi connectivity index (χ3n) is 7.55. The van der Waals surface area contributed by atoms with Crippen molar-refractivity contribution < 1.29 is 39.4 Å². The Hall–Kier alpha value is -4.63. The number of phenolic OH excluding ortho intramolecular Hbond substituents is 2. The van der Waals surface area contributed by atoms with E-state index >= 15 is 0 Å². The second-order valence-electron chi connectivity index (χ2n) is 10.2. The number of halogens is 1. The van der Waals surface area contributed by atoms with Crippen LogP contribution in [-0.4, -0.2) is 59.9 Å². The number of aliphatic hydroxyl groups is 2. The molecule has 0 amide bonds. The number of fused-ring (bicyclic) bond motifs is 6. The molecule has 230 valence electrons. The Morgan fingerprint density at radius 2 is 1.67 bits per heavy atom. The van der Waals surface area contributed by atoms with Crippen molar-refractivity contribution in [2.45, 2.75) is 30.5 Å². The largest absolute Gasteiger partial charge is 0.508 e. The first kappa shape index (κ1) is 30.4. The number of carbonyl (C=O) groups excluding carboxylic acids is 1. The van der Waals surface area contributed by atoms with Crippen LogP contribution in [0.5, 0.6) is 23.0 Å². The van der Waals surface area contributed by atoms with Crippen molar-refractivity contribution in [3.8, 4) is 23.0 Å². The molecular weight excluding hydrogens is 674 g/mol. The Labute approximate surface area is 266 Å². The molecule has 15 heteroatoms. The highest BCUT2D eigenvalue weighted by Crippen LogP contribution is 2.57. The molecule has 4 aromatic rings. The van der Waals surface area contributed by atoms with Crippen molar-refractivity contribution in [1.82, 2.24) is 9.55 Å². The van der Waals surface area contributed by atoms with Crippen molar-refractivity contribution >= 4 is 45.0 Å². The number of hydrogen-bond donors (Lipinski definition) is 5. The summed E-state index contributed by atoms with van der Waals surface area (Å²) in [6, 6.07) is 14.3. The van der Waals surface area contributed by atoms with Gasteiger partial charge in [-0.25, -0.2) is 9.59 Å². The number of hydrogen-bond acceptors (Lipinski definition) is 12. The molecule has 0 aliphatic carbocycles. The molecule has 3 atom stereocenters. The van der Waals surface area contributed by atoms with Gasteiger partial charge < -0.3 is 34.6 Å². The lowest BCUT2D eigenvalue weighted by Crippen LogP contribution is -2.32. The van der Waals surface area contributed by atoms with Crippen molar-refractivity contribution in [2.75, 3.05) is 6.61 Å². The Kier molecular flexibility index (Phi) is 7.91. The van der Waals surface area contributed by atoms with Crippen LogP contribution in [0.25, 0.3) is 0 Å². The number of esters is 1. The van der Waals surface area contributed by atoms with E-state index in [2.05, 4.69) is 43.3 Å². The topological polar surface area (TPSA) is 193 Å². The number of phenols is 2. The number of aliphatic imine (C=N–C) groups is 1. The summed E-state index contributed by atoms with van der Waals surface area (Å²) in [4.78, 5) is 41.5. The number of aromatic amines is 1. The first-order valence-corrected chi connectivity index (χ1v) is 14.5. The van der Waals surface area contributed by atoms with Crippen LogP contribution in [0, 0.1) is 0 Å². The van der Waals surface area contributed by atoms with E-state index in [1.54, 1.807) is 30.3 Å². The van der Waals surface area contributed by atoms with Gasteiger partial charge in [0.05, 0.1) is 33.6 Å². The third kappa shape index (κ3) is 5.25. The minimum atomic E-state index is -1.27. The average molecular weight is 696 g/mol. The highest BCUT2D eigenvalue weighted by atomic mass is 79.9. The van der Waals surface area contributed by atoms with Gasteiger partial charge in [-0.3, -0.25) is 14.3 Å². The minimum Gasteiger partial charge on any atom is -0.508 e. The molecule has 1 aromatic heterocycles. The number of isothiocyanates is 1. The van der Waals surface area contributed by atoms with Crippen LogP contribution in [0.4, 0.5) is 5.69 Å². The number of aliphatic hydroxyl groups excluding tert-OH is 2. The third-order valence-corrected chi connectivity index (χ3v) is 8.21. The van der Waals surface area contributed by atoms with Crippen LogP contribution < -0.4 is 16.0 Å². The molecule has 1 fully saturated rings. The fourth-order valence-electron chi connectivity index (χ4n) is 5.54. The fourth-order valence-corrected chi connectivity index (χ4v) is 5.97. The monoisotopic (exact) mass is 695 g/mol. The maximum Gasteiger partial charge on any atom is 0.340 e. The zero-order valence-corrected chi connectivity index (χ0v) is 25.2. The maximum absolute atomic E-state index is 12.8. The van der Waals surface area contributed by atoms with E-state index in [9.17, 15) is 29.7 Å². The number of benzene rings is 3. The highest BCUT2D eigenvalue weighted by Gasteiger charge is 2.53. The Morgan fingerprint density at radius 1 is 1.02 bits per heavy atom. The van der Waals surface area contributed by atoms with Gasteiger partial charge in [0.1, 0.15) is 35.3 Å². The van der Waals surface area contributed by atoms with Crippen LogP contribution in [0.15, 0.2) is 79.8 Å². The molecule has 4 heterocycles. The van der Waals surface area contributed by atoms with E-state index in [4.69, 9.17) is 19.3 Å². The molecule has 3 aliphatic heterocycles. The lowest BCUT2D eigenvalue weighted by molar-refractivity contribution is -0.0459. The summed E-state index contributed by atoms with van der Waals surface area (Å²) in [5.74, 6) is 0.163. The number of H-pyrrole nitrogens is 1. The van der Waals surface area contributed by atoms with Crippen molar-refractivity contribution in [1.29, 1.82) is 0 Å². The number of nitrogens with zero attached hydrogens (tertiary/aromatic N) is 2. The number of aromatic hydroxyl groups is 2. The van der Waals surface area contributed by atoms with Crippen molar-refractivity contribution in [3.63, 3.8) is 0 Å². The molecule has 1 spiro atoms. The number of thiocarbonyl (C=S) groups is 1. The molecule has 3 aromatic carbocycles. The molecule has 13 nitrogen and oxygen atoms in total. The predicted molar refractivity (Wildman–Crippen MR) is 163 cm³/mol. The van der Waals surface area contributed by atoms with Gasteiger partial charge in [-0.1, -0.05) is 6.07 Å². The van der Waals surface area contributed by atoms with E-state index < -0.39 is 41.3 Å². The summed E-state index contributed by atoms with van der Waals surface area (Å²) < 4.78 is 18.5. The van der Waals surface area contributed by atoms with E-state index in [0.717, 1.165) is 0 Å². The van der Waals surface area contributed by atoms with Crippen LogP contribution in [0.2, 0.25) is 0 Å². The quantitative estimate of drug-likeness (QED) is 0.120. The van der Waals surface area contributed by atoms with E-state index in [1.807, 2.05) is 0 Å². The van der Waals surface area contributed by atoms with E-state index in [1.165, 1.54) is 35.0 Å². The van der Waals surface area contributed by atoms with Gasteiger partial charge in [0.2, 0.25) is 0 Å². The number of aromatic nitrogens is 2. The molecule has 0 unspecified atom stereocenters. The van der Waals surface area contributed by atoms with Crippen molar-refractivity contribution in [2.24, 2.45) is 4.99 Å². The summed E-state index contributed by atoms with van der Waals surface area (Å²) >= 11 is 7.65. The lowest BCUT2D eigenvalue weighted by Gasteiger charge is -2.36. The van der Waals surface area contributed by atoms with Gasteiger partial charge in [-0.2, -0.15) is 4.99 Å². The molecule has 3 aliphatic rings. The zero-order valence-electron chi connectivity index (χ0n) is 22.8. The molecule has 7 rings (SSSR count). The summed E-state index contributed by atoms with van der Waals surface area (Å²) in [6.45, 7) is -0.322. The average Bonchev–Trinajstić information content (AvgIpc) is 3.52. The SMILES string of the molecule is O=C1OC2(c3ccc(O)cc3Oc3cc(O)ccc32)c2ccc(N=C=S)cc21.O=c1[nH]c(=O)n([C@H]2C[C@H](O)[C@@H](CO)O2)cc1Br. The smallest absolute Gasteiger partial charge is 0.340 e. The first-order chi connectivity index (χ1) is 21.5. The number of rotatable bonds is 3. The lowest BCUT2D eigenvalue weighted by atomic mass is 9.77. The Bertz CT molecular complexity index is 1970. The normalized spacial score (nSPS) is 20.1. The number of ether oxygens (including phenoxy) is 3. The fraction of sp³-hybridized carbons (Fsp3) is 0.200. The van der Waals surface area contributed by atoms with Gasteiger partial charge in [0, 0.05) is 41.4 Å². The maximum atomic E-state index is 12.8. The van der Waals surface area contributed by atoms with Gasteiger partial charge in [0.15, 0.2) is 5.60 Å². The van der Waals surface area contributed by atoms with Crippen LogP contribution in [0.1, 0.15) is 39.7 Å². The summed E-state index contributed by atoms with van der Waals surface area (Å²) in [7, 11) is 0. The van der Waals surface area contributed by atoms with Crippen LogP contribution >= 0.6 is 28.1 Å². The summed E-state index contributed by atoms with van der Waals surface area (Å²) in [5, 5.41) is 40.6. The number of carbonyl (C=O) groups is 1. The van der Waals surface area contributed by atoms with Gasteiger partial charge >= 0.3 is 11.7 Å². The molecule has 45 heavy (non-hydrogen) atoms. The van der Waals surface area contributed by atoms with Crippen LogP contribution in [0.3, 0.4) is 0 Å². The second kappa shape index (κ2) is 11.7. The Morgan fingerprint density at radius 3 is 2.27 bits per heavy atom. The molecule has 0 saturated carbocycles. The molecule has 1 saturated heterocycles. The number of nitrogens with one attached hydrogen (secondary N) is 1. The summed E-state index contributed by atoms with van der Waals surface area (Å²) in [5.41, 5.74) is 0.193. The van der Waals surface area contributed by atoms with Gasteiger partial charge in [-0.15, -0.1) is 0 Å². The standard InChI is InChI=1S/C21H11NO5S.C9H11BrN2O5/c23-12-2-5-16-18(8-12)26-19-9-13(24)3-6-17(19)21(16)15-4-1-11(22-10-28)7-14(15)20(25)27-21;10-4-2-12(9(16)11-8(4)15)7-1-5(14)6(3-13)17-7/h1-9,23-24H;2,5-7,13-14H,1,3H2,(H,11,15,16)/t;5-,6+,7+/m.0/s1. The predicted octanol–water partition coefficient (Wildman–Crippen LogP) is 3.34. The molecular formula is C30H22BrN3O10S. The summed E-state index contributed by atoms with van der Waals surface area (Å²) in [6.07, 6.45) is -0.745. The second-order valence-corrected chi connectivity index (χ2v) is 11.3. The highest BCUT2D eigenvalue weighted by molar-refractivity contribution is 9.10. The molecule has 5 N–H and O–H groups in total. The van der Waals surface area contributed by atoms with E-state index in [-0.39, 0.29) is 29.0 Å². The minimum absolute atomic E-state index is 0.00715. The van der Waals surface area contributed by atoms with Gasteiger partial charge in [-0.05, 0) is 64.5 Å². The van der Waals surface area contributed by atoms with Gasteiger partial charge in [0.25, 0.3) is 5.56 Å². The Balaban J connectivity index is 0.000000180. The molecule has 0 bridgehead atoms. The molecule has 0 radical (unpaired) electrons. The van der Waals surface area contributed by atoms with Crippen molar-refractivity contribution in [3.05, 3.63) is 108 Å². The first-order valence-electron chi connectivity index (χ1n) is 13.3. The van der Waals surface area contributed by atoms with E-state index in [0.29, 0.717) is 39.4 Å².